The van der Waals surface area contributed by atoms with Gasteiger partial charge >= 0.3 is 0 Å². The second-order valence-corrected chi connectivity index (χ2v) is 11.9. The average Bonchev–Trinajstić information content (AvgIpc) is 3.35. The number of phenols is 1. The monoisotopic (exact) mass is 663 g/mol. The van der Waals surface area contributed by atoms with Gasteiger partial charge in [0.15, 0.2) is 11.6 Å². The molecule has 0 aliphatic carbocycles. The third kappa shape index (κ3) is 7.52. The van der Waals surface area contributed by atoms with Crippen LogP contribution in [0.15, 0.2) is 72.8 Å². The van der Waals surface area contributed by atoms with Crippen molar-refractivity contribution in [2.45, 2.75) is 44.7 Å². The van der Waals surface area contributed by atoms with Crippen LogP contribution in [-0.2, 0) is 22.6 Å². The molecule has 1 aromatic heterocycles. The SMILES string of the molecule is Nc1nnc(-c2ccccc2O)cc1OCCc1ccc(CNCCCCNc2cccc3c2C(=O)N(C2CCC(=O)NC2=O)C3=O)cc1. The number of para-hydroxylation sites is 1. The van der Waals surface area contributed by atoms with Gasteiger partial charge in [-0.05, 0) is 61.2 Å². The number of aromatic hydroxyl groups is 1. The molecule has 0 bridgehead atoms. The first-order valence-corrected chi connectivity index (χ1v) is 16.2. The van der Waals surface area contributed by atoms with Gasteiger partial charge in [-0.2, -0.15) is 0 Å². The van der Waals surface area contributed by atoms with Gasteiger partial charge in [-0.15, -0.1) is 10.2 Å². The summed E-state index contributed by atoms with van der Waals surface area (Å²) in [4.78, 5) is 51.1. The number of carbonyl (C=O) groups is 4. The number of ether oxygens (including phenoxy) is 1. The Morgan fingerprint density at radius 1 is 0.898 bits per heavy atom. The normalized spacial score (nSPS) is 15.7. The van der Waals surface area contributed by atoms with Crippen LogP contribution in [0.1, 0.15) is 57.5 Å². The number of rotatable bonds is 14. The maximum atomic E-state index is 13.2. The minimum Gasteiger partial charge on any atom is -0.507 e. The Hall–Kier alpha value is -5.82. The second-order valence-electron chi connectivity index (χ2n) is 11.9. The molecular weight excluding hydrogens is 626 g/mol. The maximum Gasteiger partial charge on any atom is 0.264 e. The highest BCUT2D eigenvalue weighted by molar-refractivity contribution is 6.25. The fourth-order valence-electron chi connectivity index (χ4n) is 5.92. The maximum absolute atomic E-state index is 13.2. The van der Waals surface area contributed by atoms with Crippen molar-refractivity contribution in [3.05, 3.63) is 95.1 Å². The first-order valence-electron chi connectivity index (χ1n) is 16.2. The number of carbonyl (C=O) groups excluding carboxylic acids is 4. The summed E-state index contributed by atoms with van der Waals surface area (Å²) in [5.74, 6) is -1.36. The highest BCUT2D eigenvalue weighted by Crippen LogP contribution is 2.33. The molecule has 2 aliphatic rings. The molecule has 1 saturated heterocycles. The number of fused-ring (bicyclic) bond motifs is 1. The van der Waals surface area contributed by atoms with Crippen LogP contribution >= 0.6 is 0 Å². The summed E-state index contributed by atoms with van der Waals surface area (Å²) in [6, 6.07) is 20.9. The van der Waals surface area contributed by atoms with E-state index in [0.717, 1.165) is 42.0 Å². The Bertz CT molecular complexity index is 1880. The van der Waals surface area contributed by atoms with Gasteiger partial charge < -0.3 is 26.2 Å². The van der Waals surface area contributed by atoms with Gasteiger partial charge in [0.25, 0.3) is 11.8 Å². The predicted octanol–water partition coefficient (Wildman–Crippen LogP) is 3.44. The van der Waals surface area contributed by atoms with Crippen molar-refractivity contribution in [2.75, 3.05) is 30.7 Å². The zero-order chi connectivity index (χ0) is 34.3. The fraction of sp³-hybridized carbons (Fsp3) is 0.278. The van der Waals surface area contributed by atoms with Gasteiger partial charge in [0.2, 0.25) is 11.8 Å². The van der Waals surface area contributed by atoms with Crippen molar-refractivity contribution >= 4 is 35.1 Å². The Balaban J connectivity index is 0.904. The van der Waals surface area contributed by atoms with E-state index in [2.05, 4.69) is 50.4 Å². The molecular formula is C36H37N7O6. The van der Waals surface area contributed by atoms with Crippen molar-refractivity contribution in [1.29, 1.82) is 0 Å². The Morgan fingerprint density at radius 2 is 1.65 bits per heavy atom. The molecule has 13 heteroatoms. The van der Waals surface area contributed by atoms with Gasteiger partial charge in [-0.3, -0.25) is 29.4 Å². The van der Waals surface area contributed by atoms with Crippen molar-refractivity contribution in [3.8, 4) is 22.8 Å². The lowest BCUT2D eigenvalue weighted by atomic mass is 10.0. The topological polar surface area (TPSA) is 189 Å². The number of nitrogens with zero attached hydrogens (tertiary/aromatic N) is 3. The van der Waals surface area contributed by atoms with E-state index in [4.69, 9.17) is 10.5 Å². The average molecular weight is 664 g/mol. The number of nitrogens with one attached hydrogen (secondary N) is 3. The van der Waals surface area contributed by atoms with Crippen LogP contribution in [0.25, 0.3) is 11.3 Å². The summed E-state index contributed by atoms with van der Waals surface area (Å²) in [7, 11) is 0. The second kappa shape index (κ2) is 14.9. The lowest BCUT2D eigenvalue weighted by Gasteiger charge is -2.27. The molecule has 49 heavy (non-hydrogen) atoms. The van der Waals surface area contributed by atoms with Crippen LogP contribution < -0.4 is 26.4 Å². The number of unbranched alkanes of at least 4 members (excludes halogenated alkanes) is 1. The van der Waals surface area contributed by atoms with E-state index < -0.39 is 29.7 Å². The van der Waals surface area contributed by atoms with Crippen molar-refractivity contribution in [2.24, 2.45) is 0 Å². The molecule has 4 amide bonds. The van der Waals surface area contributed by atoms with Crippen LogP contribution in [0, 0.1) is 0 Å². The molecule has 252 valence electrons. The molecule has 1 atom stereocenters. The first kappa shape index (κ1) is 33.1. The number of benzene rings is 3. The van der Waals surface area contributed by atoms with Gasteiger partial charge in [-0.1, -0.05) is 42.5 Å². The molecule has 0 spiro atoms. The smallest absolute Gasteiger partial charge is 0.264 e. The zero-order valence-electron chi connectivity index (χ0n) is 26.8. The molecule has 4 aromatic rings. The van der Waals surface area contributed by atoms with Crippen LogP contribution in [0.5, 0.6) is 11.5 Å². The van der Waals surface area contributed by atoms with Gasteiger partial charge in [0.05, 0.1) is 17.7 Å². The quantitative estimate of drug-likeness (QED) is 0.0982. The molecule has 3 aromatic carbocycles. The zero-order valence-corrected chi connectivity index (χ0v) is 26.8. The fourth-order valence-corrected chi connectivity index (χ4v) is 5.92. The lowest BCUT2D eigenvalue weighted by molar-refractivity contribution is -0.136. The lowest BCUT2D eigenvalue weighted by Crippen LogP contribution is -2.54. The van der Waals surface area contributed by atoms with Gasteiger partial charge in [-0.25, -0.2) is 0 Å². The number of imide groups is 2. The van der Waals surface area contributed by atoms with Gasteiger partial charge in [0.1, 0.15) is 17.5 Å². The largest absolute Gasteiger partial charge is 0.507 e. The van der Waals surface area contributed by atoms with E-state index in [0.29, 0.717) is 42.3 Å². The van der Waals surface area contributed by atoms with E-state index in [-0.39, 0.29) is 35.5 Å². The molecule has 2 aliphatic heterocycles. The Morgan fingerprint density at radius 3 is 2.45 bits per heavy atom. The van der Waals surface area contributed by atoms with Crippen LogP contribution in [0.3, 0.4) is 0 Å². The van der Waals surface area contributed by atoms with Crippen LogP contribution in [-0.4, -0.2) is 69.6 Å². The molecule has 1 unspecified atom stereocenters. The highest BCUT2D eigenvalue weighted by atomic mass is 16.5. The van der Waals surface area contributed by atoms with Gasteiger partial charge in [0, 0.05) is 43.2 Å². The third-order valence-corrected chi connectivity index (χ3v) is 8.53. The number of piperidine rings is 1. The van der Waals surface area contributed by atoms with Crippen molar-refractivity contribution < 1.29 is 29.0 Å². The number of amides is 4. The molecule has 1 fully saturated rings. The summed E-state index contributed by atoms with van der Waals surface area (Å²) in [5.41, 5.74) is 10.3. The summed E-state index contributed by atoms with van der Waals surface area (Å²) < 4.78 is 5.90. The standard InChI is InChI=1S/C36H37N7O6/c37-33-30(20-27(41-42-33)24-6-1-2-9-29(24)44)49-19-16-22-10-12-23(13-11-22)21-38-17-3-4-18-39-26-8-5-7-25-32(26)36(48)43(35(25)47)28-14-15-31(45)40-34(28)46/h1-2,5-13,20,28,38-39,44H,3-4,14-19,21H2,(H2,37,42)(H,40,45,46). The number of aromatic nitrogens is 2. The molecule has 6 rings (SSSR count). The predicted molar refractivity (Wildman–Crippen MR) is 182 cm³/mol. The summed E-state index contributed by atoms with van der Waals surface area (Å²) in [5, 5.41) is 27.1. The number of hydrogen-bond acceptors (Lipinski definition) is 11. The first-order chi connectivity index (χ1) is 23.8. The molecule has 13 nitrogen and oxygen atoms in total. The minimum absolute atomic E-state index is 0.0802. The van der Waals surface area contributed by atoms with Crippen LogP contribution in [0.4, 0.5) is 11.5 Å². The van der Waals surface area contributed by atoms with E-state index in [1.165, 1.54) is 0 Å². The summed E-state index contributed by atoms with van der Waals surface area (Å²) in [6.45, 7) is 2.52. The van der Waals surface area contributed by atoms with E-state index in [9.17, 15) is 24.3 Å². The number of phenolic OH excluding ortho intramolecular Hbond substituents is 1. The Kier molecular flexibility index (Phi) is 10.1. The minimum atomic E-state index is -0.990. The summed E-state index contributed by atoms with van der Waals surface area (Å²) in [6.07, 6.45) is 2.60. The summed E-state index contributed by atoms with van der Waals surface area (Å²) >= 11 is 0. The van der Waals surface area contributed by atoms with E-state index in [1.54, 1.807) is 48.5 Å². The molecule has 0 radical (unpaired) electrons. The number of nitrogen functional groups attached to an aromatic ring is 1. The molecule has 3 heterocycles. The van der Waals surface area contributed by atoms with Crippen molar-refractivity contribution in [3.63, 3.8) is 0 Å². The van der Waals surface area contributed by atoms with Crippen molar-refractivity contribution in [1.82, 2.24) is 25.7 Å². The van der Waals surface area contributed by atoms with E-state index >= 15 is 0 Å². The third-order valence-electron chi connectivity index (χ3n) is 8.53. The van der Waals surface area contributed by atoms with E-state index in [1.807, 2.05) is 0 Å². The van der Waals surface area contributed by atoms with Crippen LogP contribution in [0.2, 0.25) is 0 Å². The number of nitrogens with two attached hydrogens (primary N) is 1. The molecule has 6 N–H and O–H groups in total. The number of hydrogen-bond donors (Lipinski definition) is 5. The highest BCUT2D eigenvalue weighted by Gasteiger charge is 2.45. The molecule has 0 saturated carbocycles. The Labute approximate surface area is 282 Å². The number of anilines is 2.